The van der Waals surface area contributed by atoms with Gasteiger partial charge in [-0.3, -0.25) is 9.31 Å². The standard InChI is InChI=1S/C16H20N2O3/c19-13-5-6-18-15(9-13)14(10-17-18)11-1-3-12(4-2-11)16-20-7-8-21-16/h5-6,9-12,16-17H,1-4,7-8H2. The molecule has 2 aromatic heterocycles. The van der Waals surface area contributed by atoms with E-state index in [-0.39, 0.29) is 11.7 Å². The van der Waals surface area contributed by atoms with E-state index in [9.17, 15) is 4.79 Å². The van der Waals surface area contributed by atoms with Crippen molar-refractivity contribution in [2.24, 2.45) is 5.92 Å². The smallest absolute Gasteiger partial charge is 0.182 e. The quantitative estimate of drug-likeness (QED) is 0.922. The fourth-order valence-electron chi connectivity index (χ4n) is 3.71. The Labute approximate surface area is 122 Å². The van der Waals surface area contributed by atoms with Crippen LogP contribution in [0.2, 0.25) is 0 Å². The van der Waals surface area contributed by atoms with Crippen molar-refractivity contribution >= 4 is 5.52 Å². The van der Waals surface area contributed by atoms with Crippen molar-refractivity contribution in [1.82, 2.24) is 9.61 Å². The maximum atomic E-state index is 11.6. The summed E-state index contributed by atoms with van der Waals surface area (Å²) in [4.78, 5) is 11.6. The van der Waals surface area contributed by atoms with Crippen molar-refractivity contribution in [3.8, 4) is 0 Å². The van der Waals surface area contributed by atoms with Gasteiger partial charge >= 0.3 is 0 Å². The molecule has 21 heavy (non-hydrogen) atoms. The first kappa shape index (κ1) is 13.1. The van der Waals surface area contributed by atoms with Gasteiger partial charge in [-0.05, 0) is 37.2 Å². The summed E-state index contributed by atoms with van der Waals surface area (Å²) < 4.78 is 13.2. The minimum absolute atomic E-state index is 0.0107. The Bertz CT molecular complexity index is 676. The number of aromatic amines is 1. The van der Waals surface area contributed by atoms with Gasteiger partial charge in [0.25, 0.3) is 0 Å². The summed E-state index contributed by atoms with van der Waals surface area (Å²) in [6.07, 6.45) is 8.37. The lowest BCUT2D eigenvalue weighted by atomic mass is 9.78. The Hall–Kier alpha value is -1.59. The van der Waals surface area contributed by atoms with Gasteiger partial charge in [0.15, 0.2) is 11.7 Å². The molecule has 0 radical (unpaired) electrons. The predicted molar refractivity (Wildman–Crippen MR) is 78.4 cm³/mol. The van der Waals surface area contributed by atoms with Crippen LogP contribution in [-0.2, 0) is 9.47 Å². The van der Waals surface area contributed by atoms with Crippen LogP contribution in [0.1, 0.15) is 37.2 Å². The molecule has 0 bridgehead atoms. The zero-order valence-corrected chi connectivity index (χ0v) is 12.0. The van der Waals surface area contributed by atoms with E-state index in [0.717, 1.165) is 44.4 Å². The van der Waals surface area contributed by atoms with Gasteiger partial charge in [-0.1, -0.05) is 0 Å². The summed E-state index contributed by atoms with van der Waals surface area (Å²) in [7, 11) is 0. The number of nitrogens with zero attached hydrogens (tertiary/aromatic N) is 1. The number of hydrogen-bond donors (Lipinski definition) is 1. The molecule has 1 saturated heterocycles. The zero-order valence-electron chi connectivity index (χ0n) is 12.0. The number of hydrogen-bond acceptors (Lipinski definition) is 3. The Morgan fingerprint density at radius 1 is 1.14 bits per heavy atom. The van der Waals surface area contributed by atoms with Gasteiger partial charge in [-0.2, -0.15) is 0 Å². The molecule has 2 aromatic rings. The Morgan fingerprint density at radius 2 is 1.90 bits per heavy atom. The largest absolute Gasteiger partial charge is 0.350 e. The number of fused-ring (bicyclic) bond motifs is 1. The SMILES string of the molecule is O=c1ccn2[nH]cc(C3CCC(C4OCCO4)CC3)c2c1. The minimum atomic E-state index is 0.0107. The summed E-state index contributed by atoms with van der Waals surface area (Å²) >= 11 is 0. The molecule has 5 nitrogen and oxygen atoms in total. The van der Waals surface area contributed by atoms with E-state index >= 15 is 0 Å². The molecule has 0 unspecified atom stereocenters. The normalized spacial score (nSPS) is 27.4. The molecule has 1 aliphatic carbocycles. The predicted octanol–water partition coefficient (Wildman–Crippen LogP) is 2.27. The molecule has 112 valence electrons. The molecule has 1 saturated carbocycles. The highest BCUT2D eigenvalue weighted by Crippen LogP contribution is 2.39. The molecule has 1 N–H and O–H groups in total. The molecule has 1 aliphatic heterocycles. The molecule has 3 heterocycles. The molecule has 2 aliphatic rings. The maximum absolute atomic E-state index is 11.6. The van der Waals surface area contributed by atoms with Crippen LogP contribution in [0.15, 0.2) is 29.3 Å². The first-order valence-corrected chi connectivity index (χ1v) is 7.74. The number of nitrogens with one attached hydrogen (secondary N) is 1. The summed E-state index contributed by atoms with van der Waals surface area (Å²) in [5.74, 6) is 1.04. The van der Waals surface area contributed by atoms with Crippen LogP contribution in [0.5, 0.6) is 0 Å². The molecule has 2 fully saturated rings. The van der Waals surface area contributed by atoms with Crippen LogP contribution in [-0.4, -0.2) is 29.1 Å². The number of aromatic nitrogens is 2. The molecule has 0 aromatic carbocycles. The average molecular weight is 288 g/mol. The average Bonchev–Trinajstić information content (AvgIpc) is 3.16. The monoisotopic (exact) mass is 288 g/mol. The zero-order chi connectivity index (χ0) is 14.2. The van der Waals surface area contributed by atoms with Crippen LogP contribution < -0.4 is 5.43 Å². The van der Waals surface area contributed by atoms with Crippen LogP contribution >= 0.6 is 0 Å². The van der Waals surface area contributed by atoms with Crippen molar-refractivity contribution < 1.29 is 9.47 Å². The molecular weight excluding hydrogens is 268 g/mol. The van der Waals surface area contributed by atoms with Gasteiger partial charge in [0.05, 0.1) is 18.7 Å². The lowest BCUT2D eigenvalue weighted by Gasteiger charge is -2.30. The Balaban J connectivity index is 1.52. The van der Waals surface area contributed by atoms with Crippen molar-refractivity contribution in [1.29, 1.82) is 0 Å². The molecule has 4 rings (SSSR count). The van der Waals surface area contributed by atoms with Crippen molar-refractivity contribution in [3.05, 3.63) is 40.3 Å². The second-order valence-corrected chi connectivity index (χ2v) is 6.07. The fraction of sp³-hybridized carbons (Fsp3) is 0.562. The lowest BCUT2D eigenvalue weighted by Crippen LogP contribution is -2.26. The molecule has 0 amide bonds. The number of pyridine rings is 1. The van der Waals surface area contributed by atoms with Gasteiger partial charge in [-0.15, -0.1) is 0 Å². The summed E-state index contributed by atoms with van der Waals surface area (Å²) in [6.45, 7) is 1.46. The maximum Gasteiger partial charge on any atom is 0.182 e. The molecule has 0 atom stereocenters. The van der Waals surface area contributed by atoms with Crippen molar-refractivity contribution in [2.75, 3.05) is 13.2 Å². The van der Waals surface area contributed by atoms with E-state index in [0.29, 0.717) is 11.8 Å². The van der Waals surface area contributed by atoms with E-state index in [1.165, 1.54) is 5.56 Å². The van der Waals surface area contributed by atoms with E-state index in [4.69, 9.17) is 9.47 Å². The van der Waals surface area contributed by atoms with Gasteiger partial charge in [0.2, 0.25) is 0 Å². The third-order valence-electron chi connectivity index (χ3n) is 4.83. The van der Waals surface area contributed by atoms with Crippen LogP contribution in [0.4, 0.5) is 0 Å². The number of ether oxygens (including phenoxy) is 2. The Morgan fingerprint density at radius 3 is 2.67 bits per heavy atom. The topological polar surface area (TPSA) is 55.7 Å². The Kier molecular flexibility index (Phi) is 3.31. The third kappa shape index (κ3) is 2.40. The first-order valence-electron chi connectivity index (χ1n) is 7.74. The summed E-state index contributed by atoms with van der Waals surface area (Å²) in [5, 5.41) is 3.21. The van der Waals surface area contributed by atoms with E-state index < -0.39 is 0 Å². The van der Waals surface area contributed by atoms with Crippen LogP contribution in [0.25, 0.3) is 5.52 Å². The van der Waals surface area contributed by atoms with Gasteiger partial charge < -0.3 is 14.6 Å². The number of H-pyrrole nitrogens is 1. The second-order valence-electron chi connectivity index (χ2n) is 6.07. The van der Waals surface area contributed by atoms with Gasteiger partial charge in [0.1, 0.15) is 0 Å². The van der Waals surface area contributed by atoms with Crippen molar-refractivity contribution in [3.63, 3.8) is 0 Å². The number of rotatable bonds is 2. The van der Waals surface area contributed by atoms with Crippen LogP contribution in [0.3, 0.4) is 0 Å². The molecular formula is C16H20N2O3. The van der Waals surface area contributed by atoms with Crippen molar-refractivity contribution in [2.45, 2.75) is 37.9 Å². The second kappa shape index (κ2) is 5.31. The highest BCUT2D eigenvalue weighted by atomic mass is 16.7. The highest BCUT2D eigenvalue weighted by molar-refractivity contribution is 5.55. The molecule has 0 spiro atoms. The fourth-order valence-corrected chi connectivity index (χ4v) is 3.71. The van der Waals surface area contributed by atoms with Gasteiger partial charge in [-0.25, -0.2) is 0 Å². The van der Waals surface area contributed by atoms with Crippen LogP contribution in [0, 0.1) is 5.92 Å². The highest BCUT2D eigenvalue weighted by Gasteiger charge is 2.32. The van der Waals surface area contributed by atoms with Gasteiger partial charge in [0, 0.05) is 30.4 Å². The van der Waals surface area contributed by atoms with E-state index in [2.05, 4.69) is 5.10 Å². The summed E-state index contributed by atoms with van der Waals surface area (Å²) in [6, 6.07) is 3.31. The first-order chi connectivity index (χ1) is 10.3. The summed E-state index contributed by atoms with van der Waals surface area (Å²) in [5.41, 5.74) is 2.34. The van der Waals surface area contributed by atoms with E-state index in [1.807, 2.05) is 10.7 Å². The van der Waals surface area contributed by atoms with E-state index in [1.54, 1.807) is 18.3 Å². The minimum Gasteiger partial charge on any atom is -0.350 e. The third-order valence-corrected chi connectivity index (χ3v) is 4.83. The molecule has 5 heteroatoms. The lowest BCUT2D eigenvalue weighted by molar-refractivity contribution is -0.0931.